The molecule has 0 bridgehead atoms. The molecule has 1 aliphatic rings. The van der Waals surface area contributed by atoms with E-state index in [4.69, 9.17) is 0 Å². The van der Waals surface area contributed by atoms with Crippen molar-refractivity contribution in [3.8, 4) is 0 Å². The van der Waals surface area contributed by atoms with E-state index in [0.29, 0.717) is 25.2 Å². The molecule has 0 saturated carbocycles. The van der Waals surface area contributed by atoms with Crippen molar-refractivity contribution in [3.05, 3.63) is 53.4 Å². The summed E-state index contributed by atoms with van der Waals surface area (Å²) in [6, 6.07) is 3.79. The van der Waals surface area contributed by atoms with Gasteiger partial charge in [0.2, 0.25) is 5.82 Å². The summed E-state index contributed by atoms with van der Waals surface area (Å²) in [6.45, 7) is 1.82. The summed E-state index contributed by atoms with van der Waals surface area (Å²) in [5, 5.41) is 0. The van der Waals surface area contributed by atoms with Crippen LogP contribution in [-0.2, 0) is 25.7 Å². The number of hydrogen-bond donors (Lipinski definition) is 0. The minimum Gasteiger partial charge on any atom is -0.293 e. The van der Waals surface area contributed by atoms with E-state index in [1.165, 1.54) is 6.20 Å². The van der Waals surface area contributed by atoms with Crippen LogP contribution >= 0.6 is 0 Å². The molecule has 1 aliphatic heterocycles. The van der Waals surface area contributed by atoms with Crippen LogP contribution in [0.1, 0.15) is 22.6 Å². The van der Waals surface area contributed by atoms with Crippen LogP contribution in [0.15, 0.2) is 30.7 Å². The average molecular weight is 294 g/mol. The first-order valence-corrected chi connectivity index (χ1v) is 6.55. The van der Waals surface area contributed by atoms with Gasteiger partial charge in [-0.15, -0.1) is 0 Å². The summed E-state index contributed by atoms with van der Waals surface area (Å²) in [5.74, 6) is -1.07. The molecule has 7 heteroatoms. The van der Waals surface area contributed by atoms with Gasteiger partial charge in [0.1, 0.15) is 0 Å². The molecule has 0 atom stereocenters. The summed E-state index contributed by atoms with van der Waals surface area (Å²) < 4.78 is 38.0. The van der Waals surface area contributed by atoms with Gasteiger partial charge in [-0.1, -0.05) is 6.07 Å². The van der Waals surface area contributed by atoms with Crippen LogP contribution in [0.4, 0.5) is 13.2 Å². The molecule has 0 amide bonds. The van der Waals surface area contributed by atoms with Gasteiger partial charge >= 0.3 is 6.18 Å². The fourth-order valence-corrected chi connectivity index (χ4v) is 2.38. The van der Waals surface area contributed by atoms with Crippen LogP contribution in [0.3, 0.4) is 0 Å². The van der Waals surface area contributed by atoms with Crippen LogP contribution < -0.4 is 0 Å². The van der Waals surface area contributed by atoms with E-state index < -0.39 is 12.0 Å². The molecular weight excluding hydrogens is 281 g/mol. The van der Waals surface area contributed by atoms with Gasteiger partial charge in [-0.05, 0) is 23.6 Å². The van der Waals surface area contributed by atoms with E-state index in [1.807, 2.05) is 12.1 Å². The van der Waals surface area contributed by atoms with Crippen molar-refractivity contribution in [2.24, 2.45) is 0 Å². The summed E-state index contributed by atoms with van der Waals surface area (Å²) in [4.78, 5) is 13.2. The van der Waals surface area contributed by atoms with E-state index in [-0.39, 0.29) is 0 Å². The van der Waals surface area contributed by atoms with E-state index in [9.17, 15) is 13.2 Å². The molecule has 0 spiro atoms. The molecule has 21 heavy (non-hydrogen) atoms. The Balaban J connectivity index is 1.78. The fraction of sp³-hybridized carbons (Fsp3) is 0.357. The summed E-state index contributed by atoms with van der Waals surface area (Å²) in [6.07, 6.45) is 0.912. The lowest BCUT2D eigenvalue weighted by atomic mass is 10.1. The molecule has 3 heterocycles. The average Bonchev–Trinajstić information content (AvgIpc) is 2.46. The van der Waals surface area contributed by atoms with Gasteiger partial charge in [0, 0.05) is 38.2 Å². The Hall–Kier alpha value is -2.02. The van der Waals surface area contributed by atoms with Crippen LogP contribution in [0, 0.1) is 0 Å². The Morgan fingerprint density at radius 1 is 1.24 bits per heavy atom. The maximum absolute atomic E-state index is 12.7. The van der Waals surface area contributed by atoms with Gasteiger partial charge in [0.15, 0.2) is 0 Å². The maximum Gasteiger partial charge on any atom is 0.451 e. The van der Waals surface area contributed by atoms with Crippen molar-refractivity contribution < 1.29 is 13.2 Å². The molecule has 0 radical (unpaired) electrons. The third-order valence-electron chi connectivity index (χ3n) is 3.41. The molecule has 2 aromatic rings. The van der Waals surface area contributed by atoms with Gasteiger partial charge in [0.05, 0.1) is 5.69 Å². The number of rotatable bonds is 2. The highest BCUT2D eigenvalue weighted by Gasteiger charge is 2.35. The van der Waals surface area contributed by atoms with Gasteiger partial charge in [-0.2, -0.15) is 13.2 Å². The lowest BCUT2D eigenvalue weighted by molar-refractivity contribution is -0.145. The molecule has 2 aromatic heterocycles. The molecular formula is C14H13F3N4. The Kier molecular flexibility index (Phi) is 3.59. The van der Waals surface area contributed by atoms with Crippen LogP contribution in [-0.4, -0.2) is 26.4 Å². The van der Waals surface area contributed by atoms with Crippen LogP contribution in [0.5, 0.6) is 0 Å². The zero-order valence-electron chi connectivity index (χ0n) is 11.1. The number of nitrogens with zero attached hydrogens (tertiary/aromatic N) is 4. The van der Waals surface area contributed by atoms with Crippen molar-refractivity contribution in [1.82, 2.24) is 19.9 Å². The Morgan fingerprint density at radius 3 is 2.81 bits per heavy atom. The quantitative estimate of drug-likeness (QED) is 0.853. The zero-order chi connectivity index (χ0) is 14.9. The molecule has 110 valence electrons. The second-order valence-corrected chi connectivity index (χ2v) is 4.99. The van der Waals surface area contributed by atoms with Gasteiger partial charge in [0.25, 0.3) is 0 Å². The molecule has 4 nitrogen and oxygen atoms in total. The number of aromatic nitrogens is 3. The third-order valence-corrected chi connectivity index (χ3v) is 3.41. The Morgan fingerprint density at radius 2 is 2.10 bits per heavy atom. The maximum atomic E-state index is 12.7. The molecule has 0 fully saturated rings. The Labute approximate surface area is 119 Å². The number of alkyl halides is 3. The van der Waals surface area contributed by atoms with Crippen molar-refractivity contribution in [3.63, 3.8) is 0 Å². The first-order chi connectivity index (χ1) is 10.0. The second-order valence-electron chi connectivity index (χ2n) is 4.99. The summed E-state index contributed by atoms with van der Waals surface area (Å²) in [7, 11) is 0. The predicted octanol–water partition coefficient (Wildman–Crippen LogP) is 2.45. The molecule has 0 aromatic carbocycles. The van der Waals surface area contributed by atoms with E-state index in [0.717, 1.165) is 17.7 Å². The van der Waals surface area contributed by atoms with Gasteiger partial charge in [-0.25, -0.2) is 9.97 Å². The molecule has 0 unspecified atom stereocenters. The van der Waals surface area contributed by atoms with E-state index in [1.54, 1.807) is 12.4 Å². The highest BCUT2D eigenvalue weighted by Crippen LogP contribution is 2.27. The monoisotopic (exact) mass is 294 g/mol. The highest BCUT2D eigenvalue weighted by atomic mass is 19.4. The third kappa shape index (κ3) is 3.18. The molecule has 0 N–H and O–H groups in total. The number of pyridine rings is 1. The van der Waals surface area contributed by atoms with Crippen molar-refractivity contribution in [2.45, 2.75) is 25.7 Å². The van der Waals surface area contributed by atoms with Crippen LogP contribution in [0.2, 0.25) is 0 Å². The van der Waals surface area contributed by atoms with Crippen LogP contribution in [0.25, 0.3) is 0 Å². The number of halogens is 3. The topological polar surface area (TPSA) is 41.9 Å². The van der Waals surface area contributed by atoms with Crippen molar-refractivity contribution in [2.75, 3.05) is 6.54 Å². The van der Waals surface area contributed by atoms with Crippen molar-refractivity contribution >= 4 is 0 Å². The standard InChI is InChI=1S/C14H13F3N4/c15-14(16,17)13-19-7-11-3-5-21(9-12(11)20-13)8-10-2-1-4-18-6-10/h1-2,4,6-7H,3,5,8-9H2. The fourth-order valence-electron chi connectivity index (χ4n) is 2.38. The SMILES string of the molecule is FC(F)(F)c1ncc2c(n1)CN(Cc1cccnc1)CC2. The minimum absolute atomic E-state index is 0.399. The highest BCUT2D eigenvalue weighted by molar-refractivity contribution is 5.21. The van der Waals surface area contributed by atoms with E-state index >= 15 is 0 Å². The second kappa shape index (κ2) is 5.40. The smallest absolute Gasteiger partial charge is 0.293 e. The molecule has 0 aliphatic carbocycles. The summed E-state index contributed by atoms with van der Waals surface area (Å²) in [5.41, 5.74) is 2.30. The Bertz CT molecular complexity index is 628. The zero-order valence-corrected chi connectivity index (χ0v) is 11.1. The normalized spacial score (nSPS) is 15.8. The summed E-state index contributed by atoms with van der Waals surface area (Å²) >= 11 is 0. The van der Waals surface area contributed by atoms with Crippen molar-refractivity contribution in [1.29, 1.82) is 0 Å². The first kappa shape index (κ1) is 13.9. The molecule has 0 saturated heterocycles. The predicted molar refractivity (Wildman–Crippen MR) is 69.1 cm³/mol. The first-order valence-electron chi connectivity index (χ1n) is 6.55. The number of fused-ring (bicyclic) bond motifs is 1. The van der Waals surface area contributed by atoms with Gasteiger partial charge < -0.3 is 0 Å². The van der Waals surface area contributed by atoms with E-state index in [2.05, 4.69) is 19.9 Å². The van der Waals surface area contributed by atoms with Gasteiger partial charge in [-0.3, -0.25) is 9.88 Å². The largest absolute Gasteiger partial charge is 0.451 e. The minimum atomic E-state index is -4.50. The lowest BCUT2D eigenvalue weighted by Gasteiger charge is -2.28. The number of hydrogen-bond acceptors (Lipinski definition) is 4. The lowest BCUT2D eigenvalue weighted by Crippen LogP contribution is -2.31. The molecule has 3 rings (SSSR count).